The van der Waals surface area contributed by atoms with E-state index in [0.717, 1.165) is 31.6 Å². The topological polar surface area (TPSA) is 93.5 Å². The second-order valence-corrected chi connectivity index (χ2v) is 3.18. The number of nitrogens with one attached hydrogen (secondary N) is 1. The SMILES string of the molecule is NC(=O)C(N)CNC1=NCCCC1. The Balaban J connectivity index is 2.25. The van der Waals surface area contributed by atoms with Crippen molar-refractivity contribution in [3.63, 3.8) is 0 Å². The van der Waals surface area contributed by atoms with Crippen molar-refractivity contribution in [3.8, 4) is 0 Å². The molecule has 5 N–H and O–H groups in total. The third-order valence-electron chi connectivity index (χ3n) is 2.02. The van der Waals surface area contributed by atoms with Crippen LogP contribution in [0.4, 0.5) is 0 Å². The number of aliphatic imine (C=N–C) groups is 1. The van der Waals surface area contributed by atoms with Gasteiger partial charge in [-0.05, 0) is 12.8 Å². The van der Waals surface area contributed by atoms with Crippen LogP contribution in [0.25, 0.3) is 0 Å². The fourth-order valence-corrected chi connectivity index (χ4v) is 1.17. The van der Waals surface area contributed by atoms with E-state index in [9.17, 15) is 4.79 Å². The second-order valence-electron chi connectivity index (χ2n) is 3.18. The Morgan fingerprint density at radius 1 is 1.62 bits per heavy atom. The normalized spacial score (nSPS) is 19.0. The molecule has 0 aromatic carbocycles. The number of hydrogen-bond donors (Lipinski definition) is 3. The quantitative estimate of drug-likeness (QED) is 0.523. The van der Waals surface area contributed by atoms with Crippen LogP contribution in [0.5, 0.6) is 0 Å². The van der Waals surface area contributed by atoms with E-state index in [1.807, 2.05) is 0 Å². The van der Waals surface area contributed by atoms with Crippen LogP contribution < -0.4 is 16.8 Å². The van der Waals surface area contributed by atoms with E-state index in [4.69, 9.17) is 11.5 Å². The molecule has 0 saturated heterocycles. The molecule has 1 rings (SSSR count). The van der Waals surface area contributed by atoms with E-state index < -0.39 is 11.9 Å². The van der Waals surface area contributed by atoms with Crippen LogP contribution in [0, 0.1) is 0 Å². The van der Waals surface area contributed by atoms with Crippen LogP contribution in [-0.2, 0) is 4.79 Å². The summed E-state index contributed by atoms with van der Waals surface area (Å²) in [7, 11) is 0. The lowest BCUT2D eigenvalue weighted by atomic mass is 10.2. The van der Waals surface area contributed by atoms with Crippen LogP contribution in [0.15, 0.2) is 4.99 Å². The highest BCUT2D eigenvalue weighted by atomic mass is 16.1. The lowest BCUT2D eigenvalue weighted by Crippen LogP contribution is -2.46. The fourth-order valence-electron chi connectivity index (χ4n) is 1.17. The third-order valence-corrected chi connectivity index (χ3v) is 2.02. The number of nitrogens with two attached hydrogens (primary N) is 2. The van der Waals surface area contributed by atoms with Gasteiger partial charge < -0.3 is 16.8 Å². The summed E-state index contributed by atoms with van der Waals surface area (Å²) < 4.78 is 0. The van der Waals surface area contributed by atoms with Gasteiger partial charge in [0.2, 0.25) is 5.91 Å². The third kappa shape index (κ3) is 3.42. The molecular weight excluding hydrogens is 168 g/mol. The first-order valence-electron chi connectivity index (χ1n) is 4.52. The van der Waals surface area contributed by atoms with E-state index in [0.29, 0.717) is 6.54 Å². The van der Waals surface area contributed by atoms with Gasteiger partial charge in [-0.2, -0.15) is 0 Å². The number of amides is 1. The van der Waals surface area contributed by atoms with Crippen molar-refractivity contribution >= 4 is 11.7 Å². The molecule has 0 fully saturated rings. The number of carbonyl (C=O) groups is 1. The minimum Gasteiger partial charge on any atom is -0.372 e. The van der Waals surface area contributed by atoms with Crippen LogP contribution in [0.3, 0.4) is 0 Å². The standard InChI is InChI=1S/C8H16N4O/c9-6(8(10)13)5-12-7-3-1-2-4-11-7/h6H,1-5,9H2,(H2,10,13)(H,11,12). The van der Waals surface area contributed by atoms with E-state index >= 15 is 0 Å². The minimum absolute atomic E-state index is 0.383. The highest BCUT2D eigenvalue weighted by Crippen LogP contribution is 2.03. The number of amidine groups is 1. The summed E-state index contributed by atoms with van der Waals surface area (Å²) in [6, 6.07) is -0.621. The van der Waals surface area contributed by atoms with E-state index in [1.165, 1.54) is 0 Å². The summed E-state index contributed by atoms with van der Waals surface area (Å²) in [5.74, 6) is 0.465. The van der Waals surface area contributed by atoms with Gasteiger partial charge in [0.05, 0.1) is 5.84 Å². The zero-order chi connectivity index (χ0) is 9.68. The number of hydrogen-bond acceptors (Lipinski definition) is 4. The Hall–Kier alpha value is -1.10. The van der Waals surface area contributed by atoms with Crippen molar-refractivity contribution in [1.29, 1.82) is 0 Å². The molecule has 1 heterocycles. The largest absolute Gasteiger partial charge is 0.372 e. The van der Waals surface area contributed by atoms with Gasteiger partial charge in [-0.15, -0.1) is 0 Å². The van der Waals surface area contributed by atoms with Gasteiger partial charge in [-0.25, -0.2) is 0 Å². The molecule has 0 aliphatic carbocycles. The molecule has 0 saturated carbocycles. The first-order chi connectivity index (χ1) is 6.20. The summed E-state index contributed by atoms with van der Waals surface area (Å²) in [6.07, 6.45) is 3.25. The lowest BCUT2D eigenvalue weighted by Gasteiger charge is -2.15. The molecule has 0 spiro atoms. The van der Waals surface area contributed by atoms with Crippen molar-refractivity contribution in [3.05, 3.63) is 0 Å². The molecule has 0 aromatic rings. The Kier molecular flexibility index (Phi) is 3.70. The minimum atomic E-state index is -0.621. The Bertz CT molecular complexity index is 214. The average molecular weight is 184 g/mol. The van der Waals surface area contributed by atoms with Gasteiger partial charge in [0.1, 0.15) is 6.04 Å². The molecule has 0 radical (unpaired) electrons. The van der Waals surface area contributed by atoms with Gasteiger partial charge in [0, 0.05) is 19.5 Å². The second kappa shape index (κ2) is 4.81. The highest BCUT2D eigenvalue weighted by molar-refractivity contribution is 5.84. The zero-order valence-electron chi connectivity index (χ0n) is 7.62. The molecule has 1 unspecified atom stereocenters. The molecule has 74 valence electrons. The fraction of sp³-hybridized carbons (Fsp3) is 0.750. The zero-order valence-corrected chi connectivity index (χ0v) is 7.62. The maximum atomic E-state index is 10.6. The summed E-state index contributed by atoms with van der Waals surface area (Å²) in [5, 5.41) is 3.03. The Labute approximate surface area is 77.6 Å². The maximum Gasteiger partial charge on any atom is 0.236 e. The highest BCUT2D eigenvalue weighted by Gasteiger charge is 2.10. The van der Waals surface area contributed by atoms with Crippen molar-refractivity contribution in [1.82, 2.24) is 5.32 Å². The summed E-state index contributed by atoms with van der Waals surface area (Å²) >= 11 is 0. The molecule has 5 heteroatoms. The molecule has 13 heavy (non-hydrogen) atoms. The van der Waals surface area contributed by atoms with Gasteiger partial charge >= 0.3 is 0 Å². The molecule has 1 aliphatic rings. The molecule has 0 aromatic heterocycles. The van der Waals surface area contributed by atoms with Gasteiger partial charge in [-0.1, -0.05) is 0 Å². The summed E-state index contributed by atoms with van der Waals surface area (Å²) in [4.78, 5) is 14.8. The van der Waals surface area contributed by atoms with E-state index in [-0.39, 0.29) is 0 Å². The van der Waals surface area contributed by atoms with Crippen molar-refractivity contribution in [2.75, 3.05) is 13.1 Å². The van der Waals surface area contributed by atoms with Gasteiger partial charge in [0.25, 0.3) is 0 Å². The predicted octanol–water partition coefficient (Wildman–Crippen LogP) is -1.03. The van der Waals surface area contributed by atoms with Crippen LogP contribution in [-0.4, -0.2) is 30.9 Å². The summed E-state index contributed by atoms with van der Waals surface area (Å²) in [6.45, 7) is 1.25. The molecule has 1 atom stereocenters. The van der Waals surface area contributed by atoms with Crippen LogP contribution >= 0.6 is 0 Å². The van der Waals surface area contributed by atoms with Crippen molar-refractivity contribution < 1.29 is 4.79 Å². The summed E-state index contributed by atoms with van der Waals surface area (Å²) in [5.41, 5.74) is 10.4. The molecule has 1 amide bonds. The van der Waals surface area contributed by atoms with Crippen LogP contribution in [0.1, 0.15) is 19.3 Å². The Morgan fingerprint density at radius 3 is 2.92 bits per heavy atom. The average Bonchev–Trinajstić information content (AvgIpc) is 2.15. The molecular formula is C8H16N4O. The molecule has 1 aliphatic heterocycles. The van der Waals surface area contributed by atoms with Crippen LogP contribution in [0.2, 0.25) is 0 Å². The lowest BCUT2D eigenvalue weighted by molar-refractivity contribution is -0.119. The van der Waals surface area contributed by atoms with Crippen molar-refractivity contribution in [2.45, 2.75) is 25.3 Å². The maximum absolute atomic E-state index is 10.6. The number of carbonyl (C=O) groups excluding carboxylic acids is 1. The monoisotopic (exact) mass is 184 g/mol. The smallest absolute Gasteiger partial charge is 0.236 e. The molecule has 0 bridgehead atoms. The number of nitrogens with zero attached hydrogens (tertiary/aromatic N) is 1. The van der Waals surface area contributed by atoms with Gasteiger partial charge in [-0.3, -0.25) is 9.79 Å². The number of rotatable bonds is 3. The van der Waals surface area contributed by atoms with Crippen molar-refractivity contribution in [2.24, 2.45) is 16.5 Å². The Morgan fingerprint density at radius 2 is 2.38 bits per heavy atom. The first kappa shape index (κ1) is 9.98. The first-order valence-corrected chi connectivity index (χ1v) is 4.52. The number of primary amides is 1. The molecule has 5 nitrogen and oxygen atoms in total. The van der Waals surface area contributed by atoms with Gasteiger partial charge in [0.15, 0.2) is 0 Å². The van der Waals surface area contributed by atoms with E-state index in [1.54, 1.807) is 0 Å². The predicted molar refractivity (Wildman–Crippen MR) is 51.3 cm³/mol. The van der Waals surface area contributed by atoms with E-state index in [2.05, 4.69) is 10.3 Å².